The third-order valence-corrected chi connectivity index (χ3v) is 8.41. The van der Waals surface area contributed by atoms with E-state index < -0.39 is 0 Å². The third-order valence-electron chi connectivity index (χ3n) is 7.52. The number of nitrogens with zero attached hydrogens (tertiary/aromatic N) is 2. The molecule has 1 amide bonds. The molecule has 3 aromatic rings. The van der Waals surface area contributed by atoms with Crippen molar-refractivity contribution in [3.05, 3.63) is 77.2 Å². The molecule has 1 aromatic heterocycles. The standard InChI is InChI=1S/C28H31N2O3S/c1-20-8-6-11-23(27(20)26-12-7-17-34-26)29(2)28(32)33-25-19-30(15-13-22(25)14-16-30)18-24(31)21-9-4-3-5-10-21/h3-12,17,22,25H,13-16,18-19H2,1-2H3/q+1/t22?,25-,30?/m0/s1. The first-order valence-corrected chi connectivity index (χ1v) is 12.8. The molecule has 6 heteroatoms. The maximum atomic E-state index is 13.3. The molecule has 0 aliphatic carbocycles. The van der Waals surface area contributed by atoms with Crippen LogP contribution >= 0.6 is 11.3 Å². The summed E-state index contributed by atoms with van der Waals surface area (Å²) in [5.41, 5.74) is 3.82. The molecule has 0 unspecified atom stereocenters. The van der Waals surface area contributed by atoms with Crippen LogP contribution in [0.15, 0.2) is 66.0 Å². The number of anilines is 1. The van der Waals surface area contributed by atoms with Gasteiger partial charge in [-0.2, -0.15) is 0 Å². The highest BCUT2D eigenvalue weighted by Crippen LogP contribution is 2.38. The number of thiophene rings is 1. The topological polar surface area (TPSA) is 46.6 Å². The number of quaternary nitrogens is 1. The zero-order valence-electron chi connectivity index (χ0n) is 19.8. The summed E-state index contributed by atoms with van der Waals surface area (Å²) >= 11 is 1.67. The molecule has 3 saturated heterocycles. The first-order valence-electron chi connectivity index (χ1n) is 12.0. The summed E-state index contributed by atoms with van der Waals surface area (Å²) in [4.78, 5) is 29.0. The van der Waals surface area contributed by atoms with Gasteiger partial charge in [-0.15, -0.1) is 11.3 Å². The van der Waals surface area contributed by atoms with Crippen molar-refractivity contribution in [2.45, 2.75) is 25.9 Å². The third kappa shape index (κ3) is 4.40. The highest BCUT2D eigenvalue weighted by atomic mass is 32.1. The smallest absolute Gasteiger partial charge is 0.414 e. The van der Waals surface area contributed by atoms with Gasteiger partial charge in [0.25, 0.3) is 0 Å². The maximum Gasteiger partial charge on any atom is 0.414 e. The Kier molecular flexibility index (Phi) is 6.28. The van der Waals surface area contributed by atoms with Gasteiger partial charge < -0.3 is 9.22 Å². The number of ether oxygens (including phenoxy) is 1. The number of aryl methyl sites for hydroxylation is 1. The highest BCUT2D eigenvalue weighted by Gasteiger charge is 2.48. The van der Waals surface area contributed by atoms with Crippen LogP contribution in [0.5, 0.6) is 0 Å². The van der Waals surface area contributed by atoms with Crippen LogP contribution in [0, 0.1) is 12.8 Å². The molecule has 4 heterocycles. The Morgan fingerprint density at radius 1 is 1.03 bits per heavy atom. The van der Waals surface area contributed by atoms with Gasteiger partial charge in [0.1, 0.15) is 13.1 Å². The van der Waals surface area contributed by atoms with E-state index in [-0.39, 0.29) is 18.0 Å². The van der Waals surface area contributed by atoms with E-state index in [4.69, 9.17) is 4.74 Å². The van der Waals surface area contributed by atoms with Gasteiger partial charge in [-0.25, -0.2) is 4.79 Å². The molecule has 6 rings (SSSR count). The van der Waals surface area contributed by atoms with Crippen LogP contribution < -0.4 is 4.90 Å². The van der Waals surface area contributed by atoms with E-state index in [2.05, 4.69) is 24.4 Å². The van der Waals surface area contributed by atoms with Crippen molar-refractivity contribution in [3.63, 3.8) is 0 Å². The Labute approximate surface area is 205 Å². The molecular formula is C28H31N2O3S+. The van der Waals surface area contributed by atoms with Gasteiger partial charge in [-0.3, -0.25) is 9.69 Å². The fourth-order valence-electron chi connectivity index (χ4n) is 5.58. The monoisotopic (exact) mass is 475 g/mol. The number of benzene rings is 2. The Bertz CT molecular complexity index is 1170. The predicted octanol–water partition coefficient (Wildman–Crippen LogP) is 5.79. The minimum absolute atomic E-state index is 0.156. The quantitative estimate of drug-likeness (QED) is 0.335. The minimum atomic E-state index is -0.324. The van der Waals surface area contributed by atoms with Gasteiger partial charge in [-0.05, 0) is 30.0 Å². The fourth-order valence-corrected chi connectivity index (χ4v) is 6.42. The summed E-state index contributed by atoms with van der Waals surface area (Å²) in [5, 5.41) is 2.05. The van der Waals surface area contributed by atoms with Gasteiger partial charge >= 0.3 is 6.09 Å². The Hall–Kier alpha value is -2.96. The summed E-state index contributed by atoms with van der Waals surface area (Å²) in [6, 6.07) is 19.7. The van der Waals surface area contributed by atoms with Crippen molar-refractivity contribution < 1.29 is 18.8 Å². The van der Waals surface area contributed by atoms with E-state index in [1.807, 2.05) is 48.5 Å². The second-order valence-corrected chi connectivity index (χ2v) is 10.6. The Morgan fingerprint density at radius 2 is 1.79 bits per heavy atom. The average molecular weight is 476 g/mol. The molecule has 0 N–H and O–H groups in total. The van der Waals surface area contributed by atoms with E-state index in [1.54, 1.807) is 23.3 Å². The predicted molar refractivity (Wildman–Crippen MR) is 136 cm³/mol. The van der Waals surface area contributed by atoms with Gasteiger partial charge in [0.2, 0.25) is 5.78 Å². The van der Waals surface area contributed by atoms with Gasteiger partial charge in [0.15, 0.2) is 6.10 Å². The lowest BCUT2D eigenvalue weighted by molar-refractivity contribution is -0.938. The number of hydrogen-bond donors (Lipinski definition) is 0. The van der Waals surface area contributed by atoms with Crippen LogP contribution in [0.4, 0.5) is 10.5 Å². The average Bonchev–Trinajstić information content (AvgIpc) is 3.39. The number of ketones is 1. The number of hydrogen-bond acceptors (Lipinski definition) is 4. The van der Waals surface area contributed by atoms with Crippen LogP contribution in [0.2, 0.25) is 0 Å². The number of rotatable bonds is 6. The lowest BCUT2D eigenvalue weighted by Gasteiger charge is -2.51. The summed E-state index contributed by atoms with van der Waals surface area (Å²) in [7, 11) is 1.79. The molecule has 3 aliphatic rings. The fraction of sp³-hybridized carbons (Fsp3) is 0.357. The van der Waals surface area contributed by atoms with E-state index in [1.165, 1.54) is 0 Å². The first-order chi connectivity index (χ1) is 16.5. The number of Topliss-reactive ketones (excluding diaryl/α,β-unsaturated/α-hetero) is 1. The molecular weight excluding hydrogens is 444 g/mol. The van der Waals surface area contributed by atoms with Crippen LogP contribution in [-0.2, 0) is 4.74 Å². The molecule has 176 valence electrons. The zero-order valence-corrected chi connectivity index (χ0v) is 20.6. The van der Waals surface area contributed by atoms with E-state index >= 15 is 0 Å². The molecule has 2 bridgehead atoms. The number of piperidine rings is 3. The van der Waals surface area contributed by atoms with E-state index in [0.717, 1.165) is 57.7 Å². The van der Waals surface area contributed by atoms with Gasteiger partial charge in [0.05, 0.1) is 18.8 Å². The van der Waals surface area contributed by atoms with Crippen molar-refractivity contribution in [1.82, 2.24) is 0 Å². The first kappa shape index (κ1) is 22.8. The number of amides is 1. The van der Waals surface area contributed by atoms with Gasteiger partial charge in [-0.1, -0.05) is 48.5 Å². The van der Waals surface area contributed by atoms with Crippen molar-refractivity contribution in [2.75, 3.05) is 38.1 Å². The number of fused-ring (bicyclic) bond motifs is 3. The molecule has 0 radical (unpaired) electrons. The van der Waals surface area contributed by atoms with Gasteiger partial charge in [0, 0.05) is 41.8 Å². The maximum absolute atomic E-state index is 13.3. The van der Waals surface area contributed by atoms with Crippen molar-refractivity contribution in [3.8, 4) is 10.4 Å². The van der Waals surface area contributed by atoms with E-state index in [0.29, 0.717) is 19.0 Å². The minimum Gasteiger partial charge on any atom is -0.440 e. The molecule has 5 nitrogen and oxygen atoms in total. The molecule has 3 fully saturated rings. The molecule has 3 aliphatic heterocycles. The lowest BCUT2D eigenvalue weighted by Crippen LogP contribution is -2.66. The van der Waals surface area contributed by atoms with E-state index in [9.17, 15) is 9.59 Å². The van der Waals surface area contributed by atoms with Crippen molar-refractivity contribution >= 4 is 28.9 Å². The van der Waals surface area contributed by atoms with Crippen LogP contribution in [0.3, 0.4) is 0 Å². The molecule has 34 heavy (non-hydrogen) atoms. The second kappa shape index (κ2) is 9.35. The molecule has 1 atom stereocenters. The SMILES string of the molecule is Cc1cccc(N(C)C(=O)O[C@H]2C[N+]3(CC(=O)c4ccccc4)CCC2CC3)c1-c1cccs1. The number of carbonyl (C=O) groups excluding carboxylic acids is 2. The zero-order chi connectivity index (χ0) is 23.7. The Morgan fingerprint density at radius 3 is 2.50 bits per heavy atom. The van der Waals surface area contributed by atoms with Crippen LogP contribution in [-0.4, -0.2) is 55.7 Å². The highest BCUT2D eigenvalue weighted by molar-refractivity contribution is 7.13. The largest absolute Gasteiger partial charge is 0.440 e. The number of carbonyl (C=O) groups is 2. The molecule has 0 spiro atoms. The lowest BCUT2D eigenvalue weighted by atomic mass is 9.83. The summed E-state index contributed by atoms with van der Waals surface area (Å²) in [5.74, 6) is 0.543. The summed E-state index contributed by atoms with van der Waals surface area (Å²) in [6.07, 6.45) is 1.51. The molecule has 0 saturated carbocycles. The summed E-state index contributed by atoms with van der Waals surface area (Å²) in [6.45, 7) is 5.22. The molecule has 2 aromatic carbocycles. The summed E-state index contributed by atoms with van der Waals surface area (Å²) < 4.78 is 6.85. The Balaban J connectivity index is 1.31. The van der Waals surface area contributed by atoms with Crippen LogP contribution in [0.25, 0.3) is 10.4 Å². The van der Waals surface area contributed by atoms with Crippen molar-refractivity contribution in [1.29, 1.82) is 0 Å². The normalized spacial score (nSPS) is 23.5. The van der Waals surface area contributed by atoms with Crippen molar-refractivity contribution in [2.24, 2.45) is 5.92 Å². The second-order valence-electron chi connectivity index (χ2n) is 9.68. The van der Waals surface area contributed by atoms with Crippen LogP contribution in [0.1, 0.15) is 28.8 Å².